The molecule has 0 saturated carbocycles. The van der Waals surface area contributed by atoms with Gasteiger partial charge in [-0.1, -0.05) is 0 Å². The Labute approximate surface area is 86.0 Å². The third kappa shape index (κ3) is 6.30. The summed E-state index contributed by atoms with van der Waals surface area (Å²) in [6.07, 6.45) is -1.37. The maximum atomic E-state index is 10.9. The third-order valence-electron chi connectivity index (χ3n) is 1.51. The molecule has 0 bridgehead atoms. The maximum absolute atomic E-state index is 10.9. The molecule has 1 atom stereocenters. The summed E-state index contributed by atoms with van der Waals surface area (Å²) in [5.74, 6) is -2.41. The van der Waals surface area contributed by atoms with Crippen molar-refractivity contribution in [2.45, 2.75) is 25.8 Å². The van der Waals surface area contributed by atoms with E-state index in [1.807, 2.05) is 5.32 Å². The number of carbonyl (C=O) groups is 3. The van der Waals surface area contributed by atoms with Gasteiger partial charge in [0.2, 0.25) is 0 Å². The molecular weight excluding hydrogens is 206 g/mol. The van der Waals surface area contributed by atoms with Crippen LogP contribution in [0.4, 0.5) is 4.79 Å². The molecule has 1 amide bonds. The Hall–Kier alpha value is -1.79. The predicted molar refractivity (Wildman–Crippen MR) is 48.5 cm³/mol. The number of aliphatic carboxylic acids is 2. The molecule has 0 fully saturated rings. The highest BCUT2D eigenvalue weighted by atomic mass is 16.5. The highest BCUT2D eigenvalue weighted by molar-refractivity contribution is 5.80. The van der Waals surface area contributed by atoms with Gasteiger partial charge in [-0.25, -0.2) is 9.59 Å². The predicted octanol–water partition coefficient (Wildman–Crippen LogP) is 0.0505. The van der Waals surface area contributed by atoms with Crippen molar-refractivity contribution < 1.29 is 29.3 Å². The molecule has 0 saturated heterocycles. The monoisotopic (exact) mass is 219 g/mol. The van der Waals surface area contributed by atoms with Crippen molar-refractivity contribution in [2.75, 3.05) is 6.61 Å². The van der Waals surface area contributed by atoms with Crippen molar-refractivity contribution in [1.82, 2.24) is 5.32 Å². The van der Waals surface area contributed by atoms with Crippen molar-refractivity contribution in [2.24, 2.45) is 0 Å². The maximum Gasteiger partial charge on any atom is 0.407 e. The first kappa shape index (κ1) is 13.2. The van der Waals surface area contributed by atoms with E-state index in [1.165, 1.54) is 0 Å². The third-order valence-corrected chi connectivity index (χ3v) is 1.51. The van der Waals surface area contributed by atoms with Crippen LogP contribution in [0.5, 0.6) is 0 Å². The molecule has 7 nitrogen and oxygen atoms in total. The SMILES string of the molecule is CCOC(=O)N[C@@H](CCC(=O)O)C(=O)O. The zero-order valence-electron chi connectivity index (χ0n) is 8.23. The van der Waals surface area contributed by atoms with Crippen LogP contribution in [0.15, 0.2) is 0 Å². The van der Waals surface area contributed by atoms with Crippen molar-refractivity contribution in [3.05, 3.63) is 0 Å². The van der Waals surface area contributed by atoms with E-state index in [0.717, 1.165) is 0 Å². The highest BCUT2D eigenvalue weighted by Gasteiger charge is 2.21. The first-order valence-corrected chi connectivity index (χ1v) is 4.35. The molecule has 15 heavy (non-hydrogen) atoms. The second-order valence-electron chi connectivity index (χ2n) is 2.69. The average molecular weight is 219 g/mol. The number of alkyl carbamates (subject to hydrolysis) is 1. The second kappa shape index (κ2) is 6.63. The van der Waals surface area contributed by atoms with Crippen molar-refractivity contribution >= 4 is 18.0 Å². The van der Waals surface area contributed by atoms with E-state index in [-0.39, 0.29) is 19.4 Å². The number of carboxylic acids is 2. The van der Waals surface area contributed by atoms with Gasteiger partial charge in [0.25, 0.3) is 0 Å². The molecule has 0 spiro atoms. The van der Waals surface area contributed by atoms with Gasteiger partial charge in [-0.15, -0.1) is 0 Å². The van der Waals surface area contributed by atoms with Crippen LogP contribution < -0.4 is 5.32 Å². The van der Waals surface area contributed by atoms with Gasteiger partial charge in [-0.3, -0.25) is 4.79 Å². The van der Waals surface area contributed by atoms with E-state index in [1.54, 1.807) is 6.92 Å². The van der Waals surface area contributed by atoms with E-state index in [0.29, 0.717) is 0 Å². The molecular formula is C8H13NO6. The van der Waals surface area contributed by atoms with Gasteiger partial charge >= 0.3 is 18.0 Å². The van der Waals surface area contributed by atoms with Crippen LogP contribution in [0.25, 0.3) is 0 Å². The molecule has 3 N–H and O–H groups in total. The summed E-state index contributed by atoms with van der Waals surface area (Å²) in [5.41, 5.74) is 0. The summed E-state index contributed by atoms with van der Waals surface area (Å²) in [4.78, 5) is 31.6. The lowest BCUT2D eigenvalue weighted by molar-refractivity contribution is -0.140. The summed E-state index contributed by atoms with van der Waals surface area (Å²) >= 11 is 0. The number of ether oxygens (including phenoxy) is 1. The summed E-state index contributed by atoms with van der Waals surface area (Å²) in [5, 5.41) is 19.0. The molecule has 7 heteroatoms. The van der Waals surface area contributed by atoms with Gasteiger partial charge in [0.1, 0.15) is 6.04 Å². The molecule has 0 aromatic carbocycles. The van der Waals surface area contributed by atoms with E-state index in [2.05, 4.69) is 4.74 Å². The Bertz CT molecular complexity index is 252. The highest BCUT2D eigenvalue weighted by Crippen LogP contribution is 1.98. The lowest BCUT2D eigenvalue weighted by Crippen LogP contribution is -2.41. The summed E-state index contributed by atoms with van der Waals surface area (Å²) in [7, 11) is 0. The normalized spacial score (nSPS) is 11.5. The fourth-order valence-corrected chi connectivity index (χ4v) is 0.840. The fraction of sp³-hybridized carbons (Fsp3) is 0.625. The van der Waals surface area contributed by atoms with Gasteiger partial charge in [0.15, 0.2) is 0 Å². The van der Waals surface area contributed by atoms with Crippen LogP contribution in [-0.4, -0.2) is 40.9 Å². The molecule has 0 heterocycles. The number of carboxylic acid groups (broad SMARTS) is 2. The zero-order valence-corrected chi connectivity index (χ0v) is 8.23. The fourth-order valence-electron chi connectivity index (χ4n) is 0.840. The number of hydrogen-bond acceptors (Lipinski definition) is 4. The van der Waals surface area contributed by atoms with Gasteiger partial charge in [0, 0.05) is 6.42 Å². The molecule has 0 aliphatic carbocycles. The topological polar surface area (TPSA) is 113 Å². The molecule has 0 aliphatic rings. The minimum Gasteiger partial charge on any atom is -0.481 e. The largest absolute Gasteiger partial charge is 0.481 e. The van der Waals surface area contributed by atoms with Crippen molar-refractivity contribution in [1.29, 1.82) is 0 Å². The molecule has 0 radical (unpaired) electrons. The summed E-state index contributed by atoms with van der Waals surface area (Å²) in [6.45, 7) is 1.70. The van der Waals surface area contributed by atoms with E-state index in [4.69, 9.17) is 10.2 Å². The van der Waals surface area contributed by atoms with Crippen LogP contribution in [0.3, 0.4) is 0 Å². The second-order valence-corrected chi connectivity index (χ2v) is 2.69. The number of hydrogen-bond donors (Lipinski definition) is 3. The average Bonchev–Trinajstić information content (AvgIpc) is 2.11. The van der Waals surface area contributed by atoms with Gasteiger partial charge in [-0.05, 0) is 13.3 Å². The van der Waals surface area contributed by atoms with Crippen LogP contribution in [-0.2, 0) is 14.3 Å². The Morgan fingerprint density at radius 3 is 2.33 bits per heavy atom. The summed E-state index contributed by atoms with van der Waals surface area (Å²) < 4.78 is 4.47. The number of carbonyl (C=O) groups excluding carboxylic acids is 1. The van der Waals surface area contributed by atoms with Gasteiger partial charge < -0.3 is 20.3 Å². The Balaban J connectivity index is 4.10. The Morgan fingerprint density at radius 1 is 1.33 bits per heavy atom. The molecule has 86 valence electrons. The first-order valence-electron chi connectivity index (χ1n) is 4.35. The van der Waals surface area contributed by atoms with Gasteiger partial charge in [0.05, 0.1) is 6.61 Å². The quantitative estimate of drug-likeness (QED) is 0.581. The van der Waals surface area contributed by atoms with Crippen LogP contribution in [0.2, 0.25) is 0 Å². The Kier molecular flexibility index (Phi) is 5.84. The molecule has 0 aromatic rings. The van der Waals surface area contributed by atoms with E-state index in [9.17, 15) is 14.4 Å². The van der Waals surface area contributed by atoms with Crippen LogP contribution in [0.1, 0.15) is 19.8 Å². The van der Waals surface area contributed by atoms with Gasteiger partial charge in [-0.2, -0.15) is 0 Å². The van der Waals surface area contributed by atoms with Crippen molar-refractivity contribution in [3.63, 3.8) is 0 Å². The Morgan fingerprint density at radius 2 is 1.93 bits per heavy atom. The summed E-state index contributed by atoms with van der Waals surface area (Å²) in [6, 6.07) is -1.24. The lowest BCUT2D eigenvalue weighted by Gasteiger charge is -2.12. The number of amides is 1. The first-order chi connectivity index (χ1) is 6.97. The molecule has 0 aromatic heterocycles. The standard InChI is InChI=1S/C8H13NO6/c1-2-15-8(14)9-5(7(12)13)3-4-6(10)11/h5H,2-4H2,1H3,(H,9,14)(H,10,11)(H,12,13)/t5-/m0/s1. The molecule has 0 rings (SSSR count). The van der Waals surface area contributed by atoms with E-state index < -0.39 is 24.1 Å². The van der Waals surface area contributed by atoms with Crippen molar-refractivity contribution in [3.8, 4) is 0 Å². The van der Waals surface area contributed by atoms with E-state index >= 15 is 0 Å². The smallest absolute Gasteiger partial charge is 0.407 e. The number of nitrogens with one attached hydrogen (secondary N) is 1. The lowest BCUT2D eigenvalue weighted by atomic mass is 10.1. The number of rotatable bonds is 6. The van der Waals surface area contributed by atoms with Crippen LogP contribution in [0, 0.1) is 0 Å². The minimum atomic E-state index is -1.29. The molecule has 0 aliphatic heterocycles. The molecule has 0 unspecified atom stereocenters. The zero-order chi connectivity index (χ0) is 11.8. The van der Waals surface area contributed by atoms with Crippen LogP contribution >= 0.6 is 0 Å². The minimum absolute atomic E-state index is 0.122.